The van der Waals surface area contributed by atoms with Gasteiger partial charge in [0.1, 0.15) is 5.69 Å². The van der Waals surface area contributed by atoms with Crippen molar-refractivity contribution in [3.05, 3.63) is 48.2 Å². The van der Waals surface area contributed by atoms with Gasteiger partial charge < -0.3 is 20.4 Å². The minimum absolute atomic E-state index is 0.121. The van der Waals surface area contributed by atoms with Crippen molar-refractivity contribution in [3.63, 3.8) is 0 Å². The molecular weight excluding hydrogens is 372 g/mol. The van der Waals surface area contributed by atoms with E-state index >= 15 is 0 Å². The van der Waals surface area contributed by atoms with Gasteiger partial charge in [-0.05, 0) is 32.6 Å². The average Bonchev–Trinajstić information content (AvgIpc) is 3.08. The minimum Gasteiger partial charge on any atom is -0.433 e. The molecule has 8 nitrogen and oxygen atoms in total. The van der Waals surface area contributed by atoms with Gasteiger partial charge in [0.2, 0.25) is 23.5 Å². The highest BCUT2D eigenvalue weighted by Gasteiger charge is 2.26. The lowest BCUT2D eigenvalue weighted by molar-refractivity contribution is -0.126. The van der Waals surface area contributed by atoms with Crippen LogP contribution in [0, 0.1) is 11.8 Å². The Morgan fingerprint density at radius 3 is 2.45 bits per heavy atom. The zero-order valence-electron chi connectivity index (χ0n) is 17.2. The van der Waals surface area contributed by atoms with E-state index < -0.39 is 17.2 Å². The summed E-state index contributed by atoms with van der Waals surface area (Å²) in [5.41, 5.74) is 5.72. The molecule has 0 saturated carbocycles. The van der Waals surface area contributed by atoms with Crippen molar-refractivity contribution in [1.82, 2.24) is 15.2 Å². The molecule has 0 atom stereocenters. The fourth-order valence-electron chi connectivity index (χ4n) is 2.45. The van der Waals surface area contributed by atoms with Crippen LogP contribution in [-0.4, -0.2) is 48.1 Å². The molecule has 2 aromatic rings. The average molecular weight is 399 g/mol. The molecule has 155 valence electrons. The first-order chi connectivity index (χ1) is 13.6. The number of carbonyl (C=O) groups excluding carboxylic acids is 3. The predicted molar refractivity (Wildman–Crippen MR) is 109 cm³/mol. The quantitative estimate of drug-likeness (QED) is 0.588. The Balaban J connectivity index is 2.06. The van der Waals surface area contributed by atoms with Crippen LogP contribution in [0.3, 0.4) is 0 Å². The van der Waals surface area contributed by atoms with Crippen molar-refractivity contribution in [2.45, 2.75) is 26.8 Å². The number of benzene rings is 1. The van der Waals surface area contributed by atoms with Crippen molar-refractivity contribution in [3.8, 4) is 11.5 Å². The second-order valence-corrected chi connectivity index (χ2v) is 7.70. The van der Waals surface area contributed by atoms with E-state index in [2.05, 4.69) is 10.3 Å². The van der Waals surface area contributed by atoms with E-state index in [9.17, 15) is 14.4 Å². The summed E-state index contributed by atoms with van der Waals surface area (Å²) < 4.78 is 5.73. The lowest BCUT2D eigenvalue weighted by atomic mass is 9.87. The molecule has 0 fully saturated rings. The van der Waals surface area contributed by atoms with Crippen LogP contribution >= 0.6 is 0 Å². The molecule has 0 saturated heterocycles. The Morgan fingerprint density at radius 2 is 1.86 bits per heavy atom. The van der Waals surface area contributed by atoms with E-state index in [1.165, 1.54) is 6.42 Å². The number of hydrogen-bond acceptors (Lipinski definition) is 6. The van der Waals surface area contributed by atoms with Crippen molar-refractivity contribution in [2.24, 2.45) is 11.1 Å². The van der Waals surface area contributed by atoms with Gasteiger partial charge in [-0.25, -0.2) is 4.98 Å². The highest BCUT2D eigenvalue weighted by atomic mass is 16.4. The molecule has 2 rings (SSSR count). The molecule has 2 amide bonds. The van der Waals surface area contributed by atoms with E-state index in [-0.39, 0.29) is 24.5 Å². The molecule has 8 heteroatoms. The third kappa shape index (κ3) is 6.25. The van der Waals surface area contributed by atoms with Crippen LogP contribution in [0.15, 0.2) is 34.7 Å². The highest BCUT2D eigenvalue weighted by Crippen LogP contribution is 2.23. The van der Waals surface area contributed by atoms with Crippen LogP contribution in [0.4, 0.5) is 0 Å². The summed E-state index contributed by atoms with van der Waals surface area (Å²) in [6.07, 6.45) is 1.49. The van der Waals surface area contributed by atoms with Crippen molar-refractivity contribution in [2.75, 3.05) is 20.6 Å². The molecule has 1 aromatic carbocycles. The number of aromatic nitrogens is 1. The number of primary amides is 1. The number of nitrogens with zero attached hydrogens (tertiary/aromatic N) is 2. The van der Waals surface area contributed by atoms with Crippen LogP contribution in [0.25, 0.3) is 11.5 Å². The molecule has 1 heterocycles. The Labute approximate surface area is 170 Å². The molecule has 29 heavy (non-hydrogen) atoms. The number of Topliss-reactive ketones (excluding diaryl/α,β-unsaturated/α-hetero) is 1. The number of rotatable bonds is 10. The maximum Gasteiger partial charge on any atom is 0.227 e. The fraction of sp³-hybridized carbons (Fsp3) is 0.381. The Hall–Kier alpha value is -3.00. The first-order valence-corrected chi connectivity index (χ1v) is 9.24. The molecule has 0 unspecified atom stereocenters. The second-order valence-electron chi connectivity index (χ2n) is 7.70. The predicted octanol–water partition coefficient (Wildman–Crippen LogP) is 1.81. The summed E-state index contributed by atoms with van der Waals surface area (Å²) in [4.78, 5) is 42.3. The Bertz CT molecular complexity index is 872. The number of hydrogen-bond donors (Lipinski definition) is 2. The zero-order chi connectivity index (χ0) is 21.6. The van der Waals surface area contributed by atoms with Gasteiger partial charge >= 0.3 is 0 Å². The van der Waals surface area contributed by atoms with Crippen LogP contribution in [0.1, 0.15) is 36.5 Å². The van der Waals surface area contributed by atoms with Crippen molar-refractivity contribution >= 4 is 17.6 Å². The maximum atomic E-state index is 12.7. The normalized spacial score (nSPS) is 11.5. The van der Waals surface area contributed by atoms with Gasteiger partial charge in [0.05, 0.1) is 13.0 Å². The number of nitrogens with two attached hydrogens (primary N) is 1. The highest BCUT2D eigenvalue weighted by molar-refractivity contribution is 5.99. The monoisotopic (exact) mass is 399 g/mol. The van der Waals surface area contributed by atoms with Crippen molar-refractivity contribution < 1.29 is 18.8 Å². The first kappa shape index (κ1) is 22.3. The van der Waals surface area contributed by atoms with E-state index in [1.54, 1.807) is 13.8 Å². The zero-order valence-corrected chi connectivity index (χ0v) is 17.2. The fourth-order valence-corrected chi connectivity index (χ4v) is 2.45. The lowest BCUT2D eigenvalue weighted by Gasteiger charge is -2.19. The minimum atomic E-state index is -0.838. The van der Waals surface area contributed by atoms with Crippen LogP contribution in [0.5, 0.6) is 0 Å². The largest absolute Gasteiger partial charge is 0.433 e. The first-order valence-electron chi connectivity index (χ1n) is 9.24. The van der Waals surface area contributed by atoms with E-state index in [0.717, 1.165) is 5.56 Å². The standard InChI is InChI=1S/C21H27N4O4/c1-21(2,20(22)28)11-10-17(27)23-12-16(26)18-15(13-25(3)4)24-19(29-18)14-8-6-5-7-9-14/h5-10H,11-13H2,1-4H3,(H2,22,28)(H,23,27). The van der Waals surface area contributed by atoms with Crippen LogP contribution < -0.4 is 11.1 Å². The number of ketones is 1. The molecule has 0 bridgehead atoms. The SMILES string of the molecule is CN(C)Cc1nc(-c2ccccc2)oc1C(=O)CNC(=O)[CH]CC(C)(C)C(N)=O. The molecule has 1 radical (unpaired) electrons. The molecule has 1 aromatic heterocycles. The molecule has 3 N–H and O–H groups in total. The second kappa shape index (κ2) is 9.47. The number of oxazole rings is 1. The summed E-state index contributed by atoms with van der Waals surface area (Å²) in [6, 6.07) is 9.28. The maximum absolute atomic E-state index is 12.7. The molecule has 0 aliphatic heterocycles. The van der Waals surface area contributed by atoms with Gasteiger partial charge in [0.15, 0.2) is 5.76 Å². The summed E-state index contributed by atoms with van der Waals surface area (Å²) in [7, 11) is 3.73. The number of carbonyl (C=O) groups is 3. The third-order valence-electron chi connectivity index (χ3n) is 4.33. The summed E-state index contributed by atoms with van der Waals surface area (Å²) in [5, 5.41) is 2.52. The molecule has 0 aliphatic rings. The van der Waals surface area contributed by atoms with Gasteiger partial charge in [-0.3, -0.25) is 14.4 Å². The van der Waals surface area contributed by atoms with Gasteiger partial charge in [-0.15, -0.1) is 0 Å². The smallest absolute Gasteiger partial charge is 0.227 e. The number of amides is 2. The van der Waals surface area contributed by atoms with E-state index in [0.29, 0.717) is 18.1 Å². The number of nitrogens with one attached hydrogen (secondary N) is 1. The van der Waals surface area contributed by atoms with E-state index in [1.807, 2.05) is 49.3 Å². The molecule has 0 spiro atoms. The Kier molecular flexibility index (Phi) is 7.28. The Morgan fingerprint density at radius 1 is 1.21 bits per heavy atom. The van der Waals surface area contributed by atoms with Gasteiger partial charge in [-0.1, -0.05) is 32.0 Å². The van der Waals surface area contributed by atoms with Gasteiger partial charge in [0, 0.05) is 17.5 Å². The van der Waals surface area contributed by atoms with Gasteiger partial charge in [-0.2, -0.15) is 0 Å². The summed E-state index contributed by atoms with van der Waals surface area (Å²) in [6.45, 7) is 3.48. The van der Waals surface area contributed by atoms with E-state index in [4.69, 9.17) is 10.2 Å². The van der Waals surface area contributed by atoms with Crippen LogP contribution in [-0.2, 0) is 16.1 Å². The van der Waals surface area contributed by atoms with Crippen LogP contribution in [0.2, 0.25) is 0 Å². The van der Waals surface area contributed by atoms with Gasteiger partial charge in [0.25, 0.3) is 0 Å². The topological polar surface area (TPSA) is 119 Å². The summed E-state index contributed by atoms with van der Waals surface area (Å²) >= 11 is 0. The molecule has 0 aliphatic carbocycles. The van der Waals surface area contributed by atoms with Crippen molar-refractivity contribution in [1.29, 1.82) is 0 Å². The third-order valence-corrected chi connectivity index (χ3v) is 4.33. The lowest BCUT2D eigenvalue weighted by Crippen LogP contribution is -2.35. The summed E-state index contributed by atoms with van der Waals surface area (Å²) in [5.74, 6) is -0.861. The molecular formula is C21H27N4O4.